The van der Waals surface area contributed by atoms with Crippen LogP contribution in [0.15, 0.2) is 95.5 Å². The topological polar surface area (TPSA) is 134 Å². The lowest BCUT2D eigenvalue weighted by molar-refractivity contribution is -0.124. The number of para-hydroxylation sites is 1. The number of alkyl carbamates (subject to hydrolysis) is 1. The maximum absolute atomic E-state index is 12.7. The Morgan fingerprint density at radius 1 is 0.943 bits per heavy atom. The van der Waals surface area contributed by atoms with E-state index < -0.39 is 30.1 Å². The molecule has 2 atom stereocenters. The zero-order valence-electron chi connectivity index (χ0n) is 18.1. The fraction of sp³-hybridized carbons (Fsp3) is 0.0800. The molecule has 0 aromatic heterocycles. The number of nitrogens with one attached hydrogen (secondary N) is 2. The number of carbonyl (C=O) groups is 3. The van der Waals surface area contributed by atoms with Crippen LogP contribution >= 0.6 is 15.9 Å². The van der Waals surface area contributed by atoms with Gasteiger partial charge in [0.2, 0.25) is 0 Å². The van der Waals surface area contributed by atoms with Crippen molar-refractivity contribution in [2.75, 3.05) is 0 Å². The second-order valence-corrected chi connectivity index (χ2v) is 8.00. The first-order valence-electron chi connectivity index (χ1n) is 10.3. The number of ether oxygens (including phenoxy) is 2. The fourth-order valence-corrected chi connectivity index (χ4v) is 3.42. The van der Waals surface area contributed by atoms with Crippen LogP contribution in [0.5, 0.6) is 11.5 Å². The van der Waals surface area contributed by atoms with Crippen LogP contribution in [0.3, 0.4) is 0 Å². The minimum absolute atomic E-state index is 0.136. The Kier molecular flexibility index (Phi) is 8.99. The lowest BCUT2D eigenvalue weighted by Crippen LogP contribution is -2.36. The molecule has 9 nitrogen and oxygen atoms in total. The van der Waals surface area contributed by atoms with Gasteiger partial charge in [-0.1, -0.05) is 52.3 Å². The van der Waals surface area contributed by atoms with Crippen molar-refractivity contribution in [3.05, 3.63) is 107 Å². The van der Waals surface area contributed by atoms with Gasteiger partial charge < -0.3 is 14.6 Å². The van der Waals surface area contributed by atoms with E-state index in [-0.39, 0.29) is 16.9 Å². The molecule has 180 valence electrons. The first-order chi connectivity index (χ1) is 16.9. The van der Waals surface area contributed by atoms with Gasteiger partial charge in [0.25, 0.3) is 11.8 Å². The Hall–Kier alpha value is -4.15. The van der Waals surface area contributed by atoms with Crippen LogP contribution in [-0.4, -0.2) is 34.3 Å². The first kappa shape index (κ1) is 25.5. The highest BCUT2D eigenvalue weighted by Gasteiger charge is 2.31. The summed E-state index contributed by atoms with van der Waals surface area (Å²) in [5, 5.41) is 21.5. The van der Waals surface area contributed by atoms with Crippen molar-refractivity contribution in [1.29, 1.82) is 0 Å². The van der Waals surface area contributed by atoms with Crippen molar-refractivity contribution in [1.82, 2.24) is 10.8 Å². The number of phenolic OH excluding ortho intramolecular Hbond substituents is 1. The summed E-state index contributed by atoms with van der Waals surface area (Å²) in [4.78, 5) is 36.8. The van der Waals surface area contributed by atoms with Crippen LogP contribution in [0.4, 0.5) is 4.79 Å². The quantitative estimate of drug-likeness (QED) is 0.190. The summed E-state index contributed by atoms with van der Waals surface area (Å²) in [6, 6.07) is 21.0. The summed E-state index contributed by atoms with van der Waals surface area (Å²) in [6.07, 6.45) is -1.36. The number of halogens is 1. The van der Waals surface area contributed by atoms with Crippen molar-refractivity contribution >= 4 is 33.8 Å². The number of hydrogen-bond acceptors (Lipinski definition) is 7. The molecular weight excluding hydrogens is 520 g/mol. The summed E-state index contributed by atoms with van der Waals surface area (Å²) in [5.41, 5.74) is 1.84. The Bertz CT molecular complexity index is 1200. The third-order valence-electron chi connectivity index (χ3n) is 4.64. The predicted molar refractivity (Wildman–Crippen MR) is 129 cm³/mol. The largest absolute Gasteiger partial charge is 0.508 e. The van der Waals surface area contributed by atoms with Gasteiger partial charge in [0.05, 0.1) is 0 Å². The third kappa shape index (κ3) is 7.42. The van der Waals surface area contributed by atoms with E-state index in [1.165, 1.54) is 35.8 Å². The second kappa shape index (κ2) is 12.4. The maximum Gasteiger partial charge on any atom is 0.414 e. The molecule has 3 amide bonds. The SMILES string of the molecule is O=C(/C=C/[C@@H](Oc1ccccc1)[C@H](OC(=O)NC(=O)c1ccccc1)c1cc(Br)ccc1O)NO. The molecule has 35 heavy (non-hydrogen) atoms. The summed E-state index contributed by atoms with van der Waals surface area (Å²) in [6.45, 7) is 0. The number of carbonyl (C=O) groups excluding carboxylic acids is 3. The van der Waals surface area contributed by atoms with E-state index in [2.05, 4.69) is 21.2 Å². The third-order valence-corrected chi connectivity index (χ3v) is 5.14. The number of benzene rings is 3. The van der Waals surface area contributed by atoms with Crippen molar-refractivity contribution in [3.8, 4) is 11.5 Å². The average molecular weight is 541 g/mol. The molecule has 0 heterocycles. The number of aromatic hydroxyl groups is 1. The Morgan fingerprint density at radius 3 is 2.26 bits per heavy atom. The van der Waals surface area contributed by atoms with E-state index in [4.69, 9.17) is 14.7 Å². The summed E-state index contributed by atoms with van der Waals surface area (Å²) in [7, 11) is 0. The molecule has 0 bridgehead atoms. The van der Waals surface area contributed by atoms with Gasteiger partial charge in [-0.3, -0.25) is 20.1 Å². The Labute approximate surface area is 209 Å². The zero-order valence-corrected chi connectivity index (χ0v) is 19.7. The summed E-state index contributed by atoms with van der Waals surface area (Å²) in [5.74, 6) is -1.39. The van der Waals surface area contributed by atoms with Crippen molar-refractivity contribution in [3.63, 3.8) is 0 Å². The molecule has 3 aromatic carbocycles. The molecule has 3 aromatic rings. The van der Waals surface area contributed by atoms with Gasteiger partial charge in [0.1, 0.15) is 11.5 Å². The molecule has 0 aliphatic heterocycles. The molecule has 3 rings (SSSR count). The minimum Gasteiger partial charge on any atom is -0.508 e. The van der Waals surface area contributed by atoms with E-state index in [1.54, 1.807) is 54.6 Å². The first-order valence-corrected chi connectivity index (χ1v) is 11.1. The molecule has 0 saturated carbocycles. The molecule has 4 N–H and O–H groups in total. The van der Waals surface area contributed by atoms with Crippen LogP contribution in [0.1, 0.15) is 22.0 Å². The number of hydrogen-bond donors (Lipinski definition) is 4. The van der Waals surface area contributed by atoms with Crippen LogP contribution in [0, 0.1) is 0 Å². The van der Waals surface area contributed by atoms with Gasteiger partial charge in [-0.2, -0.15) is 0 Å². The van der Waals surface area contributed by atoms with Gasteiger partial charge >= 0.3 is 6.09 Å². The van der Waals surface area contributed by atoms with Crippen LogP contribution < -0.4 is 15.5 Å². The van der Waals surface area contributed by atoms with Crippen LogP contribution in [-0.2, 0) is 9.53 Å². The highest BCUT2D eigenvalue weighted by molar-refractivity contribution is 9.10. The zero-order chi connectivity index (χ0) is 25.2. The van der Waals surface area contributed by atoms with Gasteiger partial charge in [-0.25, -0.2) is 10.3 Å². The highest BCUT2D eigenvalue weighted by Crippen LogP contribution is 2.34. The standard InChI is InChI=1S/C25H21BrN2O7/c26-17-11-12-20(29)19(15-17)23(35-25(32)27-24(31)16-7-3-1-4-8-16)21(13-14-22(30)28-33)34-18-9-5-2-6-10-18/h1-15,21,23,29,33H,(H,28,30)(H,27,31,32)/b14-13+/t21-,23-/m1/s1. The van der Waals surface area contributed by atoms with Gasteiger partial charge in [-0.15, -0.1) is 0 Å². The van der Waals surface area contributed by atoms with Gasteiger partial charge in [0.15, 0.2) is 12.2 Å². The lowest BCUT2D eigenvalue weighted by atomic mass is 10.0. The molecule has 0 fully saturated rings. The smallest absolute Gasteiger partial charge is 0.414 e. The average Bonchev–Trinajstić information content (AvgIpc) is 2.87. The van der Waals surface area contributed by atoms with E-state index in [0.29, 0.717) is 10.2 Å². The van der Waals surface area contributed by atoms with Crippen molar-refractivity contribution in [2.45, 2.75) is 12.2 Å². The molecule has 0 spiro atoms. The summed E-state index contributed by atoms with van der Waals surface area (Å²) < 4.78 is 12.1. The van der Waals surface area contributed by atoms with Crippen LogP contribution in [0.25, 0.3) is 0 Å². The fourth-order valence-electron chi connectivity index (χ4n) is 3.04. The van der Waals surface area contributed by atoms with Gasteiger partial charge in [0, 0.05) is 21.7 Å². The molecule has 0 unspecified atom stereocenters. The lowest BCUT2D eigenvalue weighted by Gasteiger charge is -2.26. The monoisotopic (exact) mass is 540 g/mol. The van der Waals surface area contributed by atoms with Crippen molar-refractivity contribution < 1.29 is 34.2 Å². The molecule has 0 aliphatic rings. The number of rotatable bonds is 8. The number of amides is 3. The predicted octanol–water partition coefficient (Wildman–Crippen LogP) is 4.27. The van der Waals surface area contributed by atoms with E-state index in [9.17, 15) is 19.5 Å². The van der Waals surface area contributed by atoms with E-state index in [1.807, 2.05) is 0 Å². The Morgan fingerprint density at radius 2 is 1.60 bits per heavy atom. The number of hydroxylamine groups is 1. The Balaban J connectivity index is 1.96. The number of phenols is 1. The minimum atomic E-state index is -1.32. The normalized spacial score (nSPS) is 12.4. The molecular formula is C25H21BrN2O7. The molecule has 0 radical (unpaired) electrons. The highest BCUT2D eigenvalue weighted by atomic mass is 79.9. The number of imide groups is 1. The maximum atomic E-state index is 12.7. The second-order valence-electron chi connectivity index (χ2n) is 7.08. The van der Waals surface area contributed by atoms with Crippen LogP contribution in [0.2, 0.25) is 0 Å². The van der Waals surface area contributed by atoms with Gasteiger partial charge in [-0.05, 0) is 48.5 Å². The molecule has 0 saturated heterocycles. The van der Waals surface area contributed by atoms with E-state index in [0.717, 1.165) is 6.08 Å². The molecule has 10 heteroatoms. The van der Waals surface area contributed by atoms with E-state index >= 15 is 0 Å². The van der Waals surface area contributed by atoms with Crippen molar-refractivity contribution in [2.24, 2.45) is 0 Å². The summed E-state index contributed by atoms with van der Waals surface area (Å²) >= 11 is 3.31. The molecule has 0 aliphatic carbocycles.